The van der Waals surface area contributed by atoms with Gasteiger partial charge >= 0.3 is 0 Å². The highest BCUT2D eigenvalue weighted by molar-refractivity contribution is 9.10. The number of pyridine rings is 1. The van der Waals surface area contributed by atoms with Crippen LogP contribution in [0.1, 0.15) is 38.8 Å². The monoisotopic (exact) mass is 336 g/mol. The normalized spacial score (nSPS) is 11.1. The number of ether oxygens (including phenoxy) is 1. The topological polar surface area (TPSA) is 34.2 Å². The Morgan fingerprint density at radius 2 is 2.10 bits per heavy atom. The third-order valence-electron chi connectivity index (χ3n) is 3.27. The van der Waals surface area contributed by atoms with Gasteiger partial charge in [0.05, 0.1) is 7.11 Å². The molecule has 108 valence electrons. The molecular weight excluding hydrogens is 316 g/mol. The molecule has 0 saturated carbocycles. The number of aromatic nitrogens is 1. The minimum Gasteiger partial charge on any atom is -0.494 e. The van der Waals surface area contributed by atoms with Crippen molar-refractivity contribution in [2.45, 2.75) is 33.1 Å². The molecule has 0 aliphatic heterocycles. The smallest absolute Gasteiger partial charge is 0.145 e. The maximum absolute atomic E-state index is 5.47. The van der Waals surface area contributed by atoms with Gasteiger partial charge in [0.25, 0.3) is 0 Å². The van der Waals surface area contributed by atoms with Gasteiger partial charge in [-0.15, -0.1) is 0 Å². The Morgan fingerprint density at radius 1 is 1.35 bits per heavy atom. The molecule has 0 atom stereocenters. The Balaban J connectivity index is 2.72. The molecule has 0 spiro atoms. The predicted molar refractivity (Wildman–Crippen MR) is 88.9 cm³/mol. The van der Waals surface area contributed by atoms with Gasteiger partial charge in [-0.05, 0) is 30.5 Å². The van der Waals surface area contributed by atoms with Gasteiger partial charge in [-0.25, -0.2) is 4.98 Å². The Hall–Kier alpha value is -1.29. The number of methoxy groups -OCH3 is 1. The molecule has 0 radical (unpaired) electrons. The zero-order chi connectivity index (χ0) is 14.7. The number of benzene rings is 1. The maximum atomic E-state index is 5.47. The number of fused-ring (bicyclic) bond motifs is 1. The van der Waals surface area contributed by atoms with Crippen LogP contribution >= 0.6 is 15.9 Å². The average molecular weight is 337 g/mol. The van der Waals surface area contributed by atoms with E-state index in [1.165, 1.54) is 0 Å². The number of halogens is 1. The van der Waals surface area contributed by atoms with E-state index >= 15 is 0 Å². The third kappa shape index (κ3) is 2.90. The van der Waals surface area contributed by atoms with E-state index in [9.17, 15) is 0 Å². The zero-order valence-corrected chi connectivity index (χ0v) is 14.0. The molecule has 2 rings (SSSR count). The van der Waals surface area contributed by atoms with E-state index < -0.39 is 0 Å². The van der Waals surface area contributed by atoms with Crippen molar-refractivity contribution in [2.24, 2.45) is 0 Å². The van der Waals surface area contributed by atoms with Crippen LogP contribution in [0.15, 0.2) is 22.7 Å². The summed E-state index contributed by atoms with van der Waals surface area (Å²) >= 11 is 3.63. The van der Waals surface area contributed by atoms with Crippen molar-refractivity contribution < 1.29 is 4.74 Å². The summed E-state index contributed by atoms with van der Waals surface area (Å²) in [6, 6.07) is 6.11. The number of hydrogen-bond donors (Lipinski definition) is 1. The fourth-order valence-electron chi connectivity index (χ4n) is 2.16. The average Bonchev–Trinajstić information content (AvgIpc) is 2.44. The van der Waals surface area contributed by atoms with Crippen molar-refractivity contribution in [3.63, 3.8) is 0 Å². The highest BCUT2D eigenvalue weighted by atomic mass is 79.9. The Labute approximate surface area is 128 Å². The summed E-state index contributed by atoms with van der Waals surface area (Å²) in [5, 5.41) is 4.58. The molecule has 0 fully saturated rings. The second-order valence-electron chi connectivity index (χ2n) is 5.15. The molecule has 0 bridgehead atoms. The summed E-state index contributed by atoms with van der Waals surface area (Å²) < 4.78 is 6.50. The van der Waals surface area contributed by atoms with Gasteiger partial charge in [0, 0.05) is 27.8 Å². The van der Waals surface area contributed by atoms with Gasteiger partial charge in [-0.1, -0.05) is 36.7 Å². The first-order valence-electron chi connectivity index (χ1n) is 6.99. The van der Waals surface area contributed by atoms with E-state index in [-0.39, 0.29) is 0 Å². The van der Waals surface area contributed by atoms with Crippen molar-refractivity contribution in [1.29, 1.82) is 0 Å². The van der Waals surface area contributed by atoms with E-state index in [0.29, 0.717) is 5.92 Å². The van der Waals surface area contributed by atoms with Crippen molar-refractivity contribution in [3.8, 4) is 5.75 Å². The number of nitrogens with zero attached hydrogens (tertiary/aromatic N) is 1. The van der Waals surface area contributed by atoms with Gasteiger partial charge in [0.15, 0.2) is 0 Å². The molecule has 4 heteroatoms. The molecule has 0 aliphatic carbocycles. The number of nitrogens with one attached hydrogen (secondary N) is 1. The van der Waals surface area contributed by atoms with Gasteiger partial charge in [-0.2, -0.15) is 0 Å². The van der Waals surface area contributed by atoms with Crippen LogP contribution in [0.2, 0.25) is 0 Å². The molecule has 0 amide bonds. The first-order valence-corrected chi connectivity index (χ1v) is 7.78. The number of rotatable bonds is 5. The summed E-state index contributed by atoms with van der Waals surface area (Å²) in [4.78, 5) is 4.78. The first-order chi connectivity index (χ1) is 9.58. The van der Waals surface area contributed by atoms with Crippen LogP contribution in [0.3, 0.4) is 0 Å². The number of anilines is 1. The van der Waals surface area contributed by atoms with E-state index in [0.717, 1.165) is 45.5 Å². The van der Waals surface area contributed by atoms with Crippen LogP contribution in [0.25, 0.3) is 10.9 Å². The van der Waals surface area contributed by atoms with Crippen LogP contribution in [0, 0.1) is 0 Å². The summed E-state index contributed by atoms with van der Waals surface area (Å²) in [6.07, 6.45) is 1.09. The molecule has 0 aliphatic rings. The zero-order valence-electron chi connectivity index (χ0n) is 12.5. The van der Waals surface area contributed by atoms with Crippen LogP contribution in [0.5, 0.6) is 5.75 Å². The van der Waals surface area contributed by atoms with Crippen LogP contribution in [-0.2, 0) is 0 Å². The molecule has 1 N–H and O–H groups in total. The van der Waals surface area contributed by atoms with Crippen molar-refractivity contribution >= 4 is 32.5 Å². The first kappa shape index (κ1) is 15.1. The summed E-state index contributed by atoms with van der Waals surface area (Å²) in [6.45, 7) is 7.42. The molecular formula is C16H21BrN2O. The van der Waals surface area contributed by atoms with E-state index in [1.54, 1.807) is 7.11 Å². The highest BCUT2D eigenvalue weighted by Gasteiger charge is 2.14. The molecule has 2 aromatic rings. The molecule has 1 aromatic heterocycles. The highest BCUT2D eigenvalue weighted by Crippen LogP contribution is 2.37. The molecule has 1 aromatic carbocycles. The van der Waals surface area contributed by atoms with Gasteiger partial charge in [-0.3, -0.25) is 0 Å². The summed E-state index contributed by atoms with van der Waals surface area (Å²) in [7, 11) is 1.69. The van der Waals surface area contributed by atoms with Gasteiger partial charge in [0.1, 0.15) is 11.3 Å². The fraction of sp³-hybridized carbons (Fsp3) is 0.438. The summed E-state index contributed by atoms with van der Waals surface area (Å²) in [5.41, 5.74) is 3.10. The standard InChI is InChI=1S/C16H21BrN2O/c1-5-8-18-13-9-12(10(2)3)19-16-14(20-4)7-6-11(17)15(13)16/h6-7,9-10H,5,8H2,1-4H3,(H,18,19). The van der Waals surface area contributed by atoms with Crippen molar-refractivity contribution in [2.75, 3.05) is 19.0 Å². The molecule has 3 nitrogen and oxygen atoms in total. The Morgan fingerprint density at radius 3 is 2.70 bits per heavy atom. The predicted octanol–water partition coefficient (Wildman–Crippen LogP) is 4.95. The Bertz CT molecular complexity index is 611. The van der Waals surface area contributed by atoms with E-state index in [2.05, 4.69) is 48.1 Å². The lowest BCUT2D eigenvalue weighted by atomic mass is 10.1. The summed E-state index contributed by atoms with van der Waals surface area (Å²) in [5.74, 6) is 1.19. The minimum absolute atomic E-state index is 0.380. The lowest BCUT2D eigenvalue weighted by Crippen LogP contribution is -2.04. The fourth-order valence-corrected chi connectivity index (χ4v) is 2.69. The molecule has 0 unspecified atom stereocenters. The van der Waals surface area contributed by atoms with Crippen LogP contribution < -0.4 is 10.1 Å². The number of hydrogen-bond acceptors (Lipinski definition) is 3. The van der Waals surface area contributed by atoms with Gasteiger partial charge < -0.3 is 10.1 Å². The molecule has 1 heterocycles. The van der Waals surface area contributed by atoms with E-state index in [4.69, 9.17) is 9.72 Å². The van der Waals surface area contributed by atoms with E-state index in [1.807, 2.05) is 12.1 Å². The van der Waals surface area contributed by atoms with Gasteiger partial charge in [0.2, 0.25) is 0 Å². The molecule has 20 heavy (non-hydrogen) atoms. The second-order valence-corrected chi connectivity index (χ2v) is 6.00. The Kier molecular flexibility index (Phi) is 4.86. The molecule has 0 saturated heterocycles. The lowest BCUT2D eigenvalue weighted by Gasteiger charge is -2.16. The largest absolute Gasteiger partial charge is 0.494 e. The van der Waals surface area contributed by atoms with Crippen molar-refractivity contribution in [1.82, 2.24) is 4.98 Å². The third-order valence-corrected chi connectivity index (χ3v) is 3.93. The quantitative estimate of drug-likeness (QED) is 0.838. The van der Waals surface area contributed by atoms with Crippen LogP contribution in [0.4, 0.5) is 5.69 Å². The minimum atomic E-state index is 0.380. The lowest BCUT2D eigenvalue weighted by molar-refractivity contribution is 0.418. The SMILES string of the molecule is CCCNc1cc(C(C)C)nc2c(OC)ccc(Br)c12. The maximum Gasteiger partial charge on any atom is 0.145 e. The van der Waals surface area contributed by atoms with Crippen LogP contribution in [-0.4, -0.2) is 18.6 Å². The second kappa shape index (κ2) is 6.44. The van der Waals surface area contributed by atoms with Crippen molar-refractivity contribution in [3.05, 3.63) is 28.4 Å².